The molecule has 286 valence electrons. The number of ether oxygens (including phenoxy) is 10. The van der Waals surface area contributed by atoms with Crippen molar-refractivity contribution in [2.75, 3.05) is 27.4 Å². The van der Waals surface area contributed by atoms with Crippen LogP contribution in [-0.2, 0) is 66.5 Å². The molecule has 0 radical (unpaired) electrons. The summed E-state index contributed by atoms with van der Waals surface area (Å²) in [6.07, 6.45) is -0.704. The Bertz CT molecular complexity index is 1680. The van der Waals surface area contributed by atoms with Crippen molar-refractivity contribution in [1.29, 1.82) is 0 Å². The van der Waals surface area contributed by atoms with Gasteiger partial charge in [-0.2, -0.15) is 0 Å². The summed E-state index contributed by atoms with van der Waals surface area (Å²) in [7, 11) is 2.56. The molecule has 52 heavy (non-hydrogen) atoms. The third-order valence-corrected chi connectivity index (χ3v) is 14.6. The number of methoxy groups -OCH3 is 2. The van der Waals surface area contributed by atoms with Gasteiger partial charge in [0.15, 0.2) is 0 Å². The minimum Gasteiger partial charge on any atom is -0.468 e. The summed E-state index contributed by atoms with van der Waals surface area (Å²) in [5.74, 6) is -7.17. The van der Waals surface area contributed by atoms with Crippen LogP contribution in [0.1, 0.15) is 61.3 Å². The lowest BCUT2D eigenvalue weighted by Crippen LogP contribution is -2.78. The van der Waals surface area contributed by atoms with Crippen molar-refractivity contribution in [3.63, 3.8) is 0 Å². The molecule has 3 saturated carbocycles. The van der Waals surface area contributed by atoms with Crippen LogP contribution in [0.3, 0.4) is 0 Å². The van der Waals surface area contributed by atoms with Crippen molar-refractivity contribution in [2.45, 2.75) is 121 Å². The van der Waals surface area contributed by atoms with E-state index in [1.165, 1.54) is 34.3 Å². The summed E-state index contributed by atoms with van der Waals surface area (Å²) in [6, 6.07) is 0. The van der Waals surface area contributed by atoms with Crippen LogP contribution in [0.2, 0.25) is 0 Å². The van der Waals surface area contributed by atoms with Crippen LogP contribution in [0.4, 0.5) is 0 Å². The van der Waals surface area contributed by atoms with Gasteiger partial charge in [-0.25, -0.2) is 9.59 Å². The highest BCUT2D eigenvalue weighted by atomic mass is 16.7. The van der Waals surface area contributed by atoms with E-state index in [9.17, 15) is 24.3 Å². The molecule has 0 aromatic carbocycles. The first kappa shape index (κ1) is 35.9. The summed E-state index contributed by atoms with van der Waals surface area (Å²) in [5, 5.41) is 13.8. The van der Waals surface area contributed by atoms with Gasteiger partial charge in [-0.3, -0.25) is 9.59 Å². The number of fused-ring (bicyclic) bond motifs is 11. The van der Waals surface area contributed by atoms with E-state index < -0.39 is 117 Å². The van der Waals surface area contributed by atoms with E-state index in [2.05, 4.69) is 0 Å². The normalized spacial score (nSPS) is 53.1. The molecule has 3 aliphatic carbocycles. The Hall–Kier alpha value is -3.08. The highest BCUT2D eigenvalue weighted by molar-refractivity contribution is 5.88. The first-order valence-corrected chi connectivity index (χ1v) is 17.9. The van der Waals surface area contributed by atoms with Gasteiger partial charge in [0.25, 0.3) is 5.79 Å². The second-order valence-corrected chi connectivity index (χ2v) is 16.5. The van der Waals surface area contributed by atoms with Crippen molar-refractivity contribution < 1.29 is 71.7 Å². The Kier molecular flexibility index (Phi) is 7.60. The van der Waals surface area contributed by atoms with Gasteiger partial charge in [0.2, 0.25) is 11.9 Å². The van der Waals surface area contributed by atoms with Gasteiger partial charge < -0.3 is 52.5 Å². The molecule has 4 saturated heterocycles. The fraction of sp³-hybridized carbons (Fsp3) is 0.784. The van der Waals surface area contributed by atoms with Crippen LogP contribution < -0.4 is 0 Å². The summed E-state index contributed by atoms with van der Waals surface area (Å²) in [5.41, 5.74) is -8.33. The van der Waals surface area contributed by atoms with Crippen LogP contribution in [0.5, 0.6) is 0 Å². The molecule has 8 aliphatic rings. The largest absolute Gasteiger partial charge is 0.468 e. The van der Waals surface area contributed by atoms with Crippen molar-refractivity contribution >= 4 is 23.9 Å². The Balaban J connectivity index is 1.40. The molecule has 16 atom stereocenters. The monoisotopic (exact) mass is 732 g/mol. The predicted molar refractivity (Wildman–Crippen MR) is 172 cm³/mol. The van der Waals surface area contributed by atoms with Crippen molar-refractivity contribution in [1.82, 2.24) is 0 Å². The summed E-state index contributed by atoms with van der Waals surface area (Å²) in [6.45, 7) is 11.5. The molecule has 7 fully saturated rings. The minimum atomic E-state index is -2.15. The van der Waals surface area contributed by atoms with Gasteiger partial charge in [-0.1, -0.05) is 19.9 Å². The minimum absolute atomic E-state index is 0.0440. The fourth-order valence-electron chi connectivity index (χ4n) is 12.7. The Morgan fingerprint density at radius 1 is 0.962 bits per heavy atom. The van der Waals surface area contributed by atoms with Gasteiger partial charge in [-0.15, -0.1) is 0 Å². The molecule has 15 nitrogen and oxygen atoms in total. The molecule has 0 amide bonds. The van der Waals surface area contributed by atoms with Crippen LogP contribution >= 0.6 is 0 Å². The second kappa shape index (κ2) is 11.0. The molecule has 5 aliphatic heterocycles. The molecule has 15 heteroatoms. The lowest BCUT2D eigenvalue weighted by Gasteiger charge is -2.66. The van der Waals surface area contributed by atoms with Crippen molar-refractivity contribution in [2.24, 2.45) is 34.0 Å². The number of allylic oxidation sites excluding steroid dienone is 1. The van der Waals surface area contributed by atoms with Gasteiger partial charge in [0.05, 0.1) is 44.9 Å². The van der Waals surface area contributed by atoms with Crippen LogP contribution in [0.25, 0.3) is 0 Å². The molecule has 1 N–H and O–H groups in total. The maximum absolute atomic E-state index is 14.3. The summed E-state index contributed by atoms with van der Waals surface area (Å²) < 4.78 is 63.1. The Morgan fingerprint density at radius 3 is 2.33 bits per heavy atom. The standard InChI is InChI=1S/C37H48O15/c1-10-17(2)27(40)49-22-14-21(48-18(3)38)31(5)15-46-24-25(31)34(22)16-47-36(44-9,29(41)43-8)28(34)32(6)26(24)52-33(7)20-13-23(37(32,33)42)50-30-35(20,11-12-45-30)51-19(4)39/h10-12,20-26,28,30,42H,13-16H2,1-9H3/b17-10+/t20?,21-,22+,23+,24-,25+,26-,28+,30+,31-,32-,33-,34+,35+,36+,37+/m1/s1. The number of carbonyl (C=O) groups is 4. The van der Waals surface area contributed by atoms with Crippen LogP contribution in [-0.4, -0.2) is 116 Å². The van der Waals surface area contributed by atoms with E-state index in [0.29, 0.717) is 5.57 Å². The number of hydrogen-bond acceptors (Lipinski definition) is 15. The van der Waals surface area contributed by atoms with E-state index in [1.54, 1.807) is 32.9 Å². The van der Waals surface area contributed by atoms with Crippen LogP contribution in [0.15, 0.2) is 24.0 Å². The van der Waals surface area contributed by atoms with Crippen LogP contribution in [0, 0.1) is 34.0 Å². The second-order valence-electron chi connectivity index (χ2n) is 16.5. The number of hydrogen-bond donors (Lipinski definition) is 1. The molecule has 2 bridgehead atoms. The topological polar surface area (TPSA) is 181 Å². The van der Waals surface area contributed by atoms with Crippen molar-refractivity contribution in [3.05, 3.63) is 24.0 Å². The molecule has 5 heterocycles. The molecular formula is C37H48O15. The zero-order chi connectivity index (χ0) is 37.6. The smallest absolute Gasteiger partial charge is 0.366 e. The van der Waals surface area contributed by atoms with E-state index in [0.717, 1.165) is 0 Å². The van der Waals surface area contributed by atoms with Crippen molar-refractivity contribution in [3.8, 4) is 0 Å². The van der Waals surface area contributed by atoms with Gasteiger partial charge in [0, 0.05) is 73.0 Å². The number of carbonyl (C=O) groups excluding carboxylic acids is 4. The highest BCUT2D eigenvalue weighted by Gasteiger charge is 2.94. The molecule has 1 spiro atoms. The SMILES string of the molecule is C/C=C(\C)C(=O)O[C@H]1C[C@@H](OC(C)=O)[C@@]2(C)CO[C@H]3[C@H]4O[C@]5(C)C6C[C@H](O[C@@H]7OC=C[C@]67OC(C)=O)[C@]5(O)[C@@]4(C)[C@@H]4[C@@](OC)(C(=O)OC)OC[C@@]14[C@@H]32. The maximum Gasteiger partial charge on any atom is 0.366 e. The maximum atomic E-state index is 14.3. The quantitative estimate of drug-likeness (QED) is 0.237. The molecule has 1 unspecified atom stereocenters. The number of rotatable bonds is 6. The number of aliphatic hydroxyl groups is 1. The summed E-state index contributed by atoms with van der Waals surface area (Å²) >= 11 is 0. The molecular weight excluding hydrogens is 684 g/mol. The predicted octanol–water partition coefficient (Wildman–Crippen LogP) is 1.87. The third kappa shape index (κ3) is 3.77. The zero-order valence-electron chi connectivity index (χ0n) is 30.9. The van der Waals surface area contributed by atoms with E-state index in [1.807, 2.05) is 13.8 Å². The van der Waals surface area contributed by atoms with Gasteiger partial charge in [0.1, 0.15) is 23.4 Å². The lowest BCUT2D eigenvalue weighted by atomic mass is 9.37. The first-order chi connectivity index (χ1) is 24.4. The van der Waals surface area contributed by atoms with Gasteiger partial charge in [-0.05, 0) is 27.2 Å². The lowest BCUT2D eigenvalue weighted by molar-refractivity contribution is -0.318. The first-order valence-electron chi connectivity index (χ1n) is 17.9. The number of esters is 4. The average molecular weight is 733 g/mol. The average Bonchev–Trinajstić information content (AvgIpc) is 3.86. The van der Waals surface area contributed by atoms with E-state index >= 15 is 0 Å². The van der Waals surface area contributed by atoms with E-state index in [4.69, 9.17) is 47.4 Å². The molecule has 0 aromatic rings. The molecule has 0 aromatic heterocycles. The Labute approximate surface area is 301 Å². The fourth-order valence-corrected chi connectivity index (χ4v) is 12.7. The zero-order valence-corrected chi connectivity index (χ0v) is 30.9. The molecule has 8 rings (SSSR count). The van der Waals surface area contributed by atoms with Gasteiger partial charge >= 0.3 is 23.9 Å². The van der Waals surface area contributed by atoms with E-state index in [-0.39, 0.29) is 26.1 Å². The Morgan fingerprint density at radius 2 is 1.69 bits per heavy atom. The third-order valence-electron chi connectivity index (χ3n) is 14.6. The summed E-state index contributed by atoms with van der Waals surface area (Å²) in [4.78, 5) is 53.3. The highest BCUT2D eigenvalue weighted by Crippen LogP contribution is 2.81.